The summed E-state index contributed by atoms with van der Waals surface area (Å²) in [5, 5.41) is 16.6. The lowest BCUT2D eigenvalue weighted by atomic mass is 10.1. The Kier molecular flexibility index (Phi) is 6.97. The SMILES string of the molecule is CC(C)(C)OC(=O)Nc1cccc(-c2ccnc(Nc3cnc(C4=CCN(C(=O)O)CC4)s3)n2)c1. The molecule has 4 rings (SSSR count). The van der Waals surface area contributed by atoms with E-state index in [1.54, 1.807) is 24.5 Å². The molecule has 0 atom stereocenters. The number of nitrogens with one attached hydrogen (secondary N) is 2. The lowest BCUT2D eigenvalue weighted by molar-refractivity contribution is 0.0636. The van der Waals surface area contributed by atoms with E-state index < -0.39 is 17.8 Å². The second kappa shape index (κ2) is 10.1. The molecule has 0 aliphatic carbocycles. The van der Waals surface area contributed by atoms with Crippen LogP contribution >= 0.6 is 11.3 Å². The maximum atomic E-state index is 12.1. The van der Waals surface area contributed by atoms with Crippen LogP contribution in [0.15, 0.2) is 48.8 Å². The highest BCUT2D eigenvalue weighted by Crippen LogP contribution is 2.31. The van der Waals surface area contributed by atoms with Gasteiger partial charge >= 0.3 is 12.2 Å². The minimum atomic E-state index is -0.912. The third-order valence-electron chi connectivity index (χ3n) is 4.95. The van der Waals surface area contributed by atoms with Gasteiger partial charge in [-0.3, -0.25) is 5.32 Å². The van der Waals surface area contributed by atoms with Crippen LogP contribution in [0.2, 0.25) is 0 Å². The Bertz CT molecular complexity index is 1270. The van der Waals surface area contributed by atoms with Crippen LogP contribution in [0.5, 0.6) is 0 Å². The molecular weight excluding hydrogens is 468 g/mol. The predicted octanol–water partition coefficient (Wildman–Crippen LogP) is 5.46. The van der Waals surface area contributed by atoms with Crippen molar-refractivity contribution in [3.63, 3.8) is 0 Å². The van der Waals surface area contributed by atoms with Gasteiger partial charge in [0.25, 0.3) is 0 Å². The van der Waals surface area contributed by atoms with Gasteiger partial charge in [-0.05, 0) is 51.0 Å². The number of rotatable bonds is 5. The lowest BCUT2D eigenvalue weighted by Crippen LogP contribution is -2.33. The van der Waals surface area contributed by atoms with Gasteiger partial charge in [-0.25, -0.2) is 24.5 Å². The number of carbonyl (C=O) groups excluding carboxylic acids is 1. The van der Waals surface area contributed by atoms with E-state index in [4.69, 9.17) is 9.84 Å². The third kappa shape index (κ3) is 6.54. The molecule has 10 nitrogen and oxygen atoms in total. The van der Waals surface area contributed by atoms with E-state index in [1.165, 1.54) is 16.2 Å². The number of hydrogen-bond donors (Lipinski definition) is 3. The fourth-order valence-electron chi connectivity index (χ4n) is 3.39. The number of carbonyl (C=O) groups is 2. The smallest absolute Gasteiger partial charge is 0.412 e. The van der Waals surface area contributed by atoms with Crippen molar-refractivity contribution in [1.29, 1.82) is 0 Å². The van der Waals surface area contributed by atoms with E-state index in [9.17, 15) is 9.59 Å². The molecule has 1 aliphatic heterocycles. The average molecular weight is 495 g/mol. The van der Waals surface area contributed by atoms with Crippen LogP contribution in [0.1, 0.15) is 32.2 Å². The summed E-state index contributed by atoms with van der Waals surface area (Å²) in [7, 11) is 0. The Morgan fingerprint density at radius 3 is 2.74 bits per heavy atom. The summed E-state index contributed by atoms with van der Waals surface area (Å²) in [5.74, 6) is 0.415. The number of amides is 2. The molecule has 2 amide bonds. The van der Waals surface area contributed by atoms with Crippen molar-refractivity contribution in [2.45, 2.75) is 32.8 Å². The summed E-state index contributed by atoms with van der Waals surface area (Å²) in [6.07, 6.45) is 4.46. The first-order valence-electron chi connectivity index (χ1n) is 11.0. The van der Waals surface area contributed by atoms with Crippen molar-refractivity contribution in [2.75, 3.05) is 23.7 Å². The van der Waals surface area contributed by atoms with Crippen molar-refractivity contribution in [3.8, 4) is 11.3 Å². The summed E-state index contributed by atoms with van der Waals surface area (Å²) in [6, 6.07) is 9.11. The number of carboxylic acid groups (broad SMARTS) is 1. The lowest BCUT2D eigenvalue weighted by Gasteiger charge is -2.22. The summed E-state index contributed by atoms with van der Waals surface area (Å²) >= 11 is 1.46. The molecule has 0 saturated heterocycles. The van der Waals surface area contributed by atoms with E-state index in [0.717, 1.165) is 21.1 Å². The molecule has 11 heteroatoms. The van der Waals surface area contributed by atoms with Gasteiger partial charge in [-0.2, -0.15) is 0 Å². The standard InChI is InChI=1S/C24H26N6O4S/c1-24(2,3)34-22(31)27-17-6-4-5-16(13-17)18-7-10-25-21(28-18)29-19-14-26-20(35-19)15-8-11-30(12-9-15)23(32)33/h4-8,10,13-14H,9,11-12H2,1-3H3,(H,27,31)(H,32,33)(H,25,28,29). The Hall–Kier alpha value is -3.99. The number of benzene rings is 1. The summed E-state index contributed by atoms with van der Waals surface area (Å²) in [5.41, 5.74) is 2.54. The monoisotopic (exact) mass is 494 g/mol. The Balaban J connectivity index is 1.44. The molecule has 0 bridgehead atoms. The molecule has 1 aliphatic rings. The quantitative estimate of drug-likeness (QED) is 0.426. The van der Waals surface area contributed by atoms with Gasteiger partial charge in [0.1, 0.15) is 15.6 Å². The minimum Gasteiger partial charge on any atom is -0.465 e. The van der Waals surface area contributed by atoms with Crippen LogP contribution in [0.4, 0.5) is 26.2 Å². The summed E-state index contributed by atoms with van der Waals surface area (Å²) < 4.78 is 5.31. The molecule has 3 N–H and O–H groups in total. The predicted molar refractivity (Wildman–Crippen MR) is 135 cm³/mol. The summed E-state index contributed by atoms with van der Waals surface area (Å²) in [4.78, 5) is 37.9. The van der Waals surface area contributed by atoms with Crippen molar-refractivity contribution >= 4 is 45.7 Å². The van der Waals surface area contributed by atoms with Crippen molar-refractivity contribution < 1.29 is 19.4 Å². The molecule has 182 valence electrons. The molecule has 35 heavy (non-hydrogen) atoms. The first kappa shape index (κ1) is 24.1. The minimum absolute atomic E-state index is 0.361. The van der Waals surface area contributed by atoms with Crippen molar-refractivity contribution in [3.05, 3.63) is 53.8 Å². The molecule has 0 saturated carbocycles. The maximum Gasteiger partial charge on any atom is 0.412 e. The zero-order chi connectivity index (χ0) is 25.0. The molecule has 0 unspecified atom stereocenters. The third-order valence-corrected chi connectivity index (χ3v) is 5.94. The fraction of sp³-hybridized carbons (Fsp3) is 0.292. The Morgan fingerprint density at radius 2 is 2.03 bits per heavy atom. The first-order valence-corrected chi connectivity index (χ1v) is 11.8. The molecule has 2 aromatic heterocycles. The van der Waals surface area contributed by atoms with Crippen LogP contribution < -0.4 is 10.6 Å². The van der Waals surface area contributed by atoms with Crippen molar-refractivity contribution in [2.24, 2.45) is 0 Å². The summed E-state index contributed by atoms with van der Waals surface area (Å²) in [6.45, 7) is 6.24. The van der Waals surface area contributed by atoms with Gasteiger partial charge in [0.2, 0.25) is 5.95 Å². The largest absolute Gasteiger partial charge is 0.465 e. The molecular formula is C24H26N6O4S. The Labute approximate surface area is 206 Å². The van der Waals surface area contributed by atoms with Crippen LogP contribution in [-0.2, 0) is 4.74 Å². The Morgan fingerprint density at radius 1 is 1.20 bits per heavy atom. The topological polar surface area (TPSA) is 130 Å². The first-order chi connectivity index (χ1) is 16.7. The van der Waals surface area contributed by atoms with E-state index in [1.807, 2.05) is 45.0 Å². The second-order valence-corrected chi connectivity index (χ2v) is 9.87. The normalized spacial score (nSPS) is 13.7. The van der Waals surface area contributed by atoms with Gasteiger partial charge < -0.3 is 20.1 Å². The average Bonchev–Trinajstić information content (AvgIpc) is 3.26. The second-order valence-electron chi connectivity index (χ2n) is 8.84. The fourth-order valence-corrected chi connectivity index (χ4v) is 4.26. The van der Waals surface area contributed by atoms with E-state index in [-0.39, 0.29) is 0 Å². The zero-order valence-corrected chi connectivity index (χ0v) is 20.4. The zero-order valence-electron chi connectivity index (χ0n) is 19.6. The van der Waals surface area contributed by atoms with Gasteiger partial charge in [0, 0.05) is 30.5 Å². The van der Waals surface area contributed by atoms with Crippen molar-refractivity contribution in [1.82, 2.24) is 19.9 Å². The molecule has 1 aromatic carbocycles. The molecule has 0 spiro atoms. The maximum absolute atomic E-state index is 12.1. The van der Waals surface area contributed by atoms with E-state index in [0.29, 0.717) is 36.8 Å². The van der Waals surface area contributed by atoms with Gasteiger partial charge in [0.05, 0.1) is 11.9 Å². The number of anilines is 3. The number of aromatic nitrogens is 3. The number of ether oxygens (including phenoxy) is 1. The van der Waals surface area contributed by atoms with E-state index in [2.05, 4.69) is 25.6 Å². The highest BCUT2D eigenvalue weighted by Gasteiger charge is 2.19. The molecule has 0 fully saturated rings. The van der Waals surface area contributed by atoms with Crippen LogP contribution in [0, 0.1) is 0 Å². The highest BCUT2D eigenvalue weighted by atomic mass is 32.1. The number of hydrogen-bond acceptors (Lipinski definition) is 8. The molecule has 3 heterocycles. The van der Waals surface area contributed by atoms with Crippen LogP contribution in [-0.4, -0.2) is 55.8 Å². The van der Waals surface area contributed by atoms with E-state index >= 15 is 0 Å². The van der Waals surface area contributed by atoms with Gasteiger partial charge in [0.15, 0.2) is 0 Å². The van der Waals surface area contributed by atoms with Crippen LogP contribution in [0.25, 0.3) is 16.8 Å². The molecule has 0 radical (unpaired) electrons. The molecule has 3 aromatic rings. The highest BCUT2D eigenvalue weighted by molar-refractivity contribution is 7.16. The number of thiazole rings is 1. The van der Waals surface area contributed by atoms with Crippen LogP contribution in [0.3, 0.4) is 0 Å². The van der Waals surface area contributed by atoms with Gasteiger partial charge in [-0.15, -0.1) is 0 Å². The number of nitrogens with zero attached hydrogens (tertiary/aromatic N) is 4. The van der Waals surface area contributed by atoms with Gasteiger partial charge in [-0.1, -0.05) is 29.5 Å².